The normalized spacial score (nSPS) is 23.4. The van der Waals surface area contributed by atoms with Crippen molar-refractivity contribution in [3.8, 4) is 0 Å². The zero-order valence-corrected chi connectivity index (χ0v) is 22.2. The number of benzene rings is 1. The van der Waals surface area contributed by atoms with Crippen LogP contribution in [0.25, 0.3) is 0 Å². The van der Waals surface area contributed by atoms with Crippen molar-refractivity contribution in [3.63, 3.8) is 0 Å². The Morgan fingerprint density at radius 3 is 2.61 bits per heavy atom. The van der Waals surface area contributed by atoms with Crippen molar-refractivity contribution in [1.29, 1.82) is 0 Å². The van der Waals surface area contributed by atoms with Gasteiger partial charge in [-0.15, -0.1) is 9.24 Å². The molecule has 1 saturated carbocycles. The van der Waals surface area contributed by atoms with Crippen molar-refractivity contribution in [1.82, 2.24) is 10.2 Å². The lowest BCUT2D eigenvalue weighted by molar-refractivity contribution is 0.0217. The van der Waals surface area contributed by atoms with Crippen molar-refractivity contribution in [3.05, 3.63) is 94.0 Å². The third-order valence-electron chi connectivity index (χ3n) is 7.46. The summed E-state index contributed by atoms with van der Waals surface area (Å²) in [6.45, 7) is 19.9. The van der Waals surface area contributed by atoms with Crippen LogP contribution in [0.4, 0.5) is 4.39 Å². The van der Waals surface area contributed by atoms with Gasteiger partial charge >= 0.3 is 0 Å². The van der Waals surface area contributed by atoms with Crippen LogP contribution in [0.5, 0.6) is 0 Å². The van der Waals surface area contributed by atoms with Crippen molar-refractivity contribution < 1.29 is 4.39 Å². The van der Waals surface area contributed by atoms with E-state index in [1.807, 2.05) is 12.1 Å². The number of rotatable bonds is 9. The molecule has 1 aromatic carbocycles. The highest BCUT2D eigenvalue weighted by Gasteiger charge is 2.48. The van der Waals surface area contributed by atoms with Crippen LogP contribution in [0.2, 0.25) is 0 Å². The fourth-order valence-electron chi connectivity index (χ4n) is 5.23. The van der Waals surface area contributed by atoms with Gasteiger partial charge in [0.25, 0.3) is 0 Å². The minimum absolute atomic E-state index is 0.121. The summed E-state index contributed by atoms with van der Waals surface area (Å²) in [6.07, 6.45) is 10.3. The van der Waals surface area contributed by atoms with E-state index in [0.717, 1.165) is 40.9 Å². The first-order chi connectivity index (χ1) is 15.7. The fraction of sp³-hybridized carbons (Fsp3) is 0.448. The Morgan fingerprint density at radius 2 is 2.00 bits per heavy atom. The van der Waals surface area contributed by atoms with Gasteiger partial charge in [0.1, 0.15) is 5.82 Å². The third-order valence-corrected chi connectivity index (χ3v) is 8.08. The Kier molecular flexibility index (Phi) is 8.06. The maximum absolute atomic E-state index is 14.5. The van der Waals surface area contributed by atoms with Gasteiger partial charge in [0.15, 0.2) is 0 Å². The molecule has 4 heteroatoms. The molecule has 1 aliphatic carbocycles. The molecule has 1 aromatic rings. The molecular formula is C29H40FN2P. The van der Waals surface area contributed by atoms with Crippen LogP contribution in [0.1, 0.15) is 70.9 Å². The Morgan fingerprint density at radius 1 is 1.30 bits per heavy atom. The number of hydrogen-bond acceptors (Lipinski definition) is 2. The van der Waals surface area contributed by atoms with E-state index >= 15 is 0 Å². The molecule has 178 valence electrons. The van der Waals surface area contributed by atoms with Gasteiger partial charge in [-0.05, 0) is 62.2 Å². The Balaban J connectivity index is 1.95. The summed E-state index contributed by atoms with van der Waals surface area (Å²) in [4.78, 5) is 2.51. The minimum Gasteiger partial charge on any atom is -0.381 e. The van der Waals surface area contributed by atoms with Gasteiger partial charge in [0, 0.05) is 40.4 Å². The molecule has 1 atom stereocenters. The predicted molar refractivity (Wildman–Crippen MR) is 143 cm³/mol. The number of hydrogen-bond donors (Lipinski definition) is 1. The molecule has 0 spiro atoms. The summed E-state index contributed by atoms with van der Waals surface area (Å²) in [6, 6.07) is 5.51. The summed E-state index contributed by atoms with van der Waals surface area (Å²) >= 11 is 0. The summed E-state index contributed by atoms with van der Waals surface area (Å²) in [5, 5.41) is 4.48. The zero-order valence-electron chi connectivity index (χ0n) is 21.0. The molecule has 1 fully saturated rings. The van der Waals surface area contributed by atoms with E-state index in [1.165, 1.54) is 30.5 Å². The number of nitrogens with zero attached hydrogens (tertiary/aromatic N) is 1. The van der Waals surface area contributed by atoms with Crippen molar-refractivity contribution >= 4 is 9.24 Å². The lowest BCUT2D eigenvalue weighted by Gasteiger charge is -2.56. The predicted octanol–water partition coefficient (Wildman–Crippen LogP) is 7.90. The van der Waals surface area contributed by atoms with E-state index in [1.54, 1.807) is 13.0 Å². The molecule has 0 amide bonds. The molecule has 33 heavy (non-hydrogen) atoms. The molecule has 3 rings (SSSR count). The monoisotopic (exact) mass is 466 g/mol. The van der Waals surface area contributed by atoms with Gasteiger partial charge in [0.05, 0.1) is 5.70 Å². The number of allylic oxidation sites excluding steroid dienone is 4. The highest BCUT2D eigenvalue weighted by atomic mass is 31.0. The van der Waals surface area contributed by atoms with Gasteiger partial charge in [-0.25, -0.2) is 4.39 Å². The number of halogens is 1. The summed E-state index contributed by atoms with van der Waals surface area (Å²) in [5.41, 5.74) is 6.69. The van der Waals surface area contributed by atoms with Gasteiger partial charge in [-0.3, -0.25) is 0 Å². The van der Waals surface area contributed by atoms with Gasteiger partial charge < -0.3 is 10.2 Å². The van der Waals surface area contributed by atoms with E-state index in [4.69, 9.17) is 0 Å². The maximum Gasteiger partial charge on any atom is 0.131 e. The molecular weight excluding hydrogens is 426 g/mol. The highest BCUT2D eigenvalue weighted by molar-refractivity contribution is 7.23. The third kappa shape index (κ3) is 4.90. The first-order valence-electron chi connectivity index (χ1n) is 12.2. The second-order valence-electron chi connectivity index (χ2n) is 9.59. The van der Waals surface area contributed by atoms with Crippen LogP contribution in [0, 0.1) is 18.7 Å². The van der Waals surface area contributed by atoms with Crippen molar-refractivity contribution in [2.24, 2.45) is 5.92 Å². The van der Waals surface area contributed by atoms with Crippen molar-refractivity contribution in [2.75, 3.05) is 0 Å². The average Bonchev–Trinajstić information content (AvgIpc) is 2.76. The Hall–Kier alpha value is -2.12. The zero-order chi connectivity index (χ0) is 24.3. The van der Waals surface area contributed by atoms with Crippen LogP contribution < -0.4 is 5.32 Å². The Bertz CT molecular complexity index is 1020. The number of aryl methyl sites for hydroxylation is 1. The fourth-order valence-corrected chi connectivity index (χ4v) is 5.75. The van der Waals surface area contributed by atoms with Crippen LogP contribution in [0.15, 0.2) is 77.1 Å². The quantitative estimate of drug-likeness (QED) is 0.372. The van der Waals surface area contributed by atoms with E-state index in [0.29, 0.717) is 17.7 Å². The first kappa shape index (κ1) is 25.5. The van der Waals surface area contributed by atoms with Gasteiger partial charge in [-0.1, -0.05) is 64.6 Å². The Labute approximate surface area is 202 Å². The topological polar surface area (TPSA) is 15.3 Å². The largest absolute Gasteiger partial charge is 0.381 e. The molecule has 1 aliphatic heterocycles. The SMILES string of the molecule is C=C(NCc1cccc(C)c1F)C1=CN(C2(CC)CC(CC)C2)C(C(C)=CCC)=C(P)C1=C. The summed E-state index contributed by atoms with van der Waals surface area (Å²) in [5.74, 6) is 0.623. The first-order valence-corrected chi connectivity index (χ1v) is 12.8. The molecule has 0 aromatic heterocycles. The van der Waals surface area contributed by atoms with E-state index in [2.05, 4.69) is 72.6 Å². The number of nitrogens with one attached hydrogen (secondary N) is 1. The van der Waals surface area contributed by atoms with Gasteiger partial charge in [0.2, 0.25) is 0 Å². The van der Waals surface area contributed by atoms with Crippen molar-refractivity contribution in [2.45, 2.75) is 78.8 Å². The molecule has 2 nitrogen and oxygen atoms in total. The van der Waals surface area contributed by atoms with Crippen LogP contribution in [-0.4, -0.2) is 10.4 Å². The minimum atomic E-state index is -0.157. The molecule has 1 heterocycles. The molecule has 0 bridgehead atoms. The van der Waals surface area contributed by atoms with Crippen LogP contribution in [-0.2, 0) is 6.54 Å². The smallest absolute Gasteiger partial charge is 0.131 e. The second kappa shape index (κ2) is 10.4. The highest BCUT2D eigenvalue weighted by Crippen LogP contribution is 2.52. The van der Waals surface area contributed by atoms with Crippen LogP contribution >= 0.6 is 9.24 Å². The second-order valence-corrected chi connectivity index (χ2v) is 10.2. The molecule has 1 unspecified atom stereocenters. The molecule has 1 N–H and O–H groups in total. The van der Waals surface area contributed by atoms with Crippen LogP contribution in [0.3, 0.4) is 0 Å². The summed E-state index contributed by atoms with van der Waals surface area (Å²) < 4.78 is 14.5. The molecule has 2 aliphatic rings. The van der Waals surface area contributed by atoms with E-state index < -0.39 is 0 Å². The van der Waals surface area contributed by atoms with Gasteiger partial charge in [-0.2, -0.15) is 0 Å². The average molecular weight is 467 g/mol. The standard InChI is InChI=1S/C29H40FN2P/c1-8-12-20(5)27-28(33)21(6)25(18-32(27)29(10-3)15-23(9-2)16-29)22(7)31-17-24-14-11-13-19(4)26(24)30/h11-14,18,23,31H,6-10,15-17,33H2,1-5H3. The molecule has 0 radical (unpaired) electrons. The maximum atomic E-state index is 14.5. The summed E-state index contributed by atoms with van der Waals surface area (Å²) in [7, 11) is 2.94. The molecule has 0 saturated heterocycles. The van der Waals surface area contributed by atoms with E-state index in [9.17, 15) is 4.39 Å². The lowest BCUT2D eigenvalue weighted by atomic mass is 9.64. The lowest BCUT2D eigenvalue weighted by Crippen LogP contribution is -2.55. The van der Waals surface area contributed by atoms with E-state index in [-0.39, 0.29) is 11.4 Å².